The minimum atomic E-state index is -0.444. The largest absolute Gasteiger partial charge is 0.456 e. The van der Waals surface area contributed by atoms with Crippen LogP contribution in [0.1, 0.15) is 526 Å². The average Bonchev–Trinajstić information content (AvgIpc) is 0.664. The fourth-order valence-electron chi connectivity index (χ4n) is 26.7. The van der Waals surface area contributed by atoms with Gasteiger partial charge in [-0.05, 0) is 292 Å². The maximum Gasteiger partial charge on any atom is 0.266 e. The summed E-state index contributed by atoms with van der Waals surface area (Å²) in [6, 6.07) is 48.7. The van der Waals surface area contributed by atoms with Crippen LogP contribution in [0.25, 0.3) is 75.4 Å². The van der Waals surface area contributed by atoms with E-state index in [1.807, 2.05) is 24.3 Å². The van der Waals surface area contributed by atoms with Crippen molar-refractivity contribution in [2.45, 2.75) is 424 Å². The molecule has 0 aliphatic carbocycles. The van der Waals surface area contributed by atoms with Crippen molar-refractivity contribution in [2.24, 2.45) is 27.6 Å². The summed E-state index contributed by atoms with van der Waals surface area (Å²) in [5, 5.41) is 10.1. The van der Waals surface area contributed by atoms with E-state index in [0.717, 1.165) is 148 Å². The summed E-state index contributed by atoms with van der Waals surface area (Å²) < 4.78 is 33.7. The molecule has 0 N–H and O–H groups in total. The number of fused-ring (bicyclic) bond motifs is 4. The smallest absolute Gasteiger partial charge is 0.266 e. The van der Waals surface area contributed by atoms with Crippen molar-refractivity contribution in [3.63, 3.8) is 0 Å². The molecular formula is C139H176N2O8. The average molecular weight is 2000 g/mol. The Morgan fingerprint density at radius 3 is 0.611 bits per heavy atom. The molecule has 149 heavy (non-hydrogen) atoms. The Hall–Kier alpha value is -11.1. The molecule has 14 aromatic carbocycles. The normalized spacial score (nSPS) is 14.3. The van der Waals surface area contributed by atoms with E-state index < -0.39 is 23.6 Å². The molecule has 2 aliphatic heterocycles. The number of hydrogen-bond acceptors (Lipinski definition) is 8. The zero-order valence-corrected chi connectivity index (χ0v) is 99.3. The molecule has 10 nitrogen and oxygen atoms in total. The number of rotatable bonds is 31. The number of nitrogens with zero attached hydrogens (tertiary/aromatic N) is 2. The van der Waals surface area contributed by atoms with Crippen LogP contribution in [-0.2, 0) is 28.1 Å². The Balaban J connectivity index is 1.19. The van der Waals surface area contributed by atoms with Gasteiger partial charge in [-0.25, -0.2) is 9.80 Å². The van der Waals surface area contributed by atoms with E-state index in [1.165, 1.54) is 32.1 Å². The van der Waals surface area contributed by atoms with E-state index >= 15 is 19.2 Å². The molecule has 790 valence electrons. The van der Waals surface area contributed by atoms with Crippen molar-refractivity contribution in [3.05, 3.63) is 245 Å². The summed E-state index contributed by atoms with van der Waals surface area (Å²) in [7, 11) is 0. The van der Waals surface area contributed by atoms with E-state index in [1.54, 1.807) is 0 Å². The molecule has 4 amide bonds. The van der Waals surface area contributed by atoms with Crippen LogP contribution in [0.5, 0.6) is 46.0 Å². The van der Waals surface area contributed by atoms with Crippen LogP contribution in [0.15, 0.2) is 133 Å². The van der Waals surface area contributed by atoms with E-state index in [0.29, 0.717) is 106 Å². The Labute approximate surface area is 894 Å². The Morgan fingerprint density at radius 1 is 0.221 bits per heavy atom. The number of carbonyl (C=O) groups is 4. The molecule has 14 aromatic rings. The van der Waals surface area contributed by atoms with Gasteiger partial charge in [0, 0.05) is 43.1 Å². The SMILES string of the molecule is CC(C)Cc1cccc(C(C)C)c1N1C(=O)c2cc(Oc3c(C(C)C)cc(C(C)(C)CC(C)(C)C)cc3C(C)C)c3c4ccc5c6c(Oc7c(C(C)C)cc(C(C)(C)CC(C)(C)C)cc7C(C)C)cc7c8c(cc(Oc9c(C(C)C)cc(C(C)(C)CC(C)(C)C)cc9C(C)C)c(c9ccc(c%10c(Oc%11c(C(C)C)cc(C(C)(C)CC(C)(C)C)cc%11C(C)C)cc(c2c3%10)C1=O)c4c59)c86)C(=O)N(c1c(C(C)C)cccc1C(C)C)C7=O. The maximum atomic E-state index is 17.6. The van der Waals surface area contributed by atoms with Crippen molar-refractivity contribution >= 4 is 110 Å². The molecule has 0 saturated carbocycles. The van der Waals surface area contributed by atoms with Gasteiger partial charge in [0.05, 0.1) is 33.6 Å². The second-order valence-corrected chi connectivity index (χ2v) is 56.4. The van der Waals surface area contributed by atoms with Crippen molar-refractivity contribution in [1.82, 2.24) is 0 Å². The molecule has 0 radical (unpaired) electrons. The summed E-state index contributed by atoms with van der Waals surface area (Å²) in [5.41, 5.74) is 18.4. The van der Waals surface area contributed by atoms with Crippen LogP contribution < -0.4 is 28.7 Å². The first-order chi connectivity index (χ1) is 69.0. The topological polar surface area (TPSA) is 112 Å². The molecule has 0 bridgehead atoms. The molecule has 0 unspecified atom stereocenters. The second kappa shape index (κ2) is 39.2. The number of para-hydroxylation sites is 2. The summed E-state index contributed by atoms with van der Waals surface area (Å²) in [6.07, 6.45) is 4.32. The maximum absolute atomic E-state index is 17.6. The van der Waals surface area contributed by atoms with Crippen LogP contribution in [0.3, 0.4) is 0 Å². The van der Waals surface area contributed by atoms with Gasteiger partial charge in [-0.1, -0.05) is 414 Å². The molecule has 0 fully saturated rings. The van der Waals surface area contributed by atoms with Gasteiger partial charge in [0.1, 0.15) is 46.0 Å². The first-order valence-corrected chi connectivity index (χ1v) is 56.4. The number of anilines is 2. The van der Waals surface area contributed by atoms with Crippen molar-refractivity contribution in [3.8, 4) is 46.0 Å². The van der Waals surface area contributed by atoms with Gasteiger partial charge < -0.3 is 18.9 Å². The summed E-state index contributed by atoms with van der Waals surface area (Å²) in [4.78, 5) is 73.3. The molecule has 2 heterocycles. The number of ether oxygens (including phenoxy) is 4. The fourth-order valence-corrected chi connectivity index (χ4v) is 26.7. The predicted molar refractivity (Wildman–Crippen MR) is 634 cm³/mol. The first kappa shape index (κ1) is 111. The lowest BCUT2D eigenvalue weighted by Crippen LogP contribution is -2.42. The second-order valence-electron chi connectivity index (χ2n) is 56.4. The third-order valence-electron chi connectivity index (χ3n) is 32.3. The predicted octanol–water partition coefficient (Wildman–Crippen LogP) is 41.8. The molecule has 0 saturated heterocycles. The van der Waals surface area contributed by atoms with Crippen molar-refractivity contribution in [2.75, 3.05) is 9.80 Å². The summed E-state index contributed by atoms with van der Waals surface area (Å²) in [5.74, 6) is 2.43. The van der Waals surface area contributed by atoms with E-state index in [2.05, 4.69) is 414 Å². The van der Waals surface area contributed by atoms with E-state index in [-0.39, 0.29) is 114 Å². The number of imide groups is 2. The van der Waals surface area contributed by atoms with Gasteiger partial charge >= 0.3 is 0 Å². The van der Waals surface area contributed by atoms with Crippen LogP contribution in [0.2, 0.25) is 0 Å². The number of carbonyl (C=O) groups excluding carboxylic acids is 4. The van der Waals surface area contributed by atoms with Gasteiger partial charge in [-0.2, -0.15) is 0 Å². The zero-order chi connectivity index (χ0) is 110. The van der Waals surface area contributed by atoms with Gasteiger partial charge in [0.25, 0.3) is 23.6 Å². The van der Waals surface area contributed by atoms with E-state index in [4.69, 9.17) is 18.9 Å². The fraction of sp³-hybridized carbons (Fsp3) is 0.496. The molecule has 10 heteroatoms. The third-order valence-corrected chi connectivity index (χ3v) is 32.3. The zero-order valence-electron chi connectivity index (χ0n) is 99.3. The molecular weight excluding hydrogens is 1830 g/mol. The number of benzene rings is 14. The molecule has 2 aliphatic rings. The van der Waals surface area contributed by atoms with Gasteiger partial charge in [-0.3, -0.25) is 19.2 Å². The highest BCUT2D eigenvalue weighted by molar-refractivity contribution is 6.49. The number of amides is 4. The van der Waals surface area contributed by atoms with Gasteiger partial charge in [-0.15, -0.1) is 0 Å². The highest BCUT2D eigenvalue weighted by atomic mass is 16.5. The first-order valence-electron chi connectivity index (χ1n) is 56.4. The minimum Gasteiger partial charge on any atom is -0.456 e. The molecule has 0 aromatic heterocycles. The van der Waals surface area contributed by atoms with Crippen LogP contribution in [0.4, 0.5) is 11.4 Å². The molecule has 0 atom stereocenters. The lowest BCUT2D eigenvalue weighted by atomic mass is 9.71. The third kappa shape index (κ3) is 20.2. The monoisotopic (exact) mass is 2000 g/mol. The quantitative estimate of drug-likeness (QED) is 0.0240. The highest BCUT2D eigenvalue weighted by Gasteiger charge is 2.47. The van der Waals surface area contributed by atoms with Crippen LogP contribution in [0, 0.1) is 27.6 Å². The lowest BCUT2D eigenvalue weighted by Gasteiger charge is -2.35. The Bertz CT molecular complexity index is 7130. The van der Waals surface area contributed by atoms with Crippen molar-refractivity contribution in [1.29, 1.82) is 0 Å². The molecule has 0 spiro atoms. The summed E-state index contributed by atoms with van der Waals surface area (Å²) >= 11 is 0. The highest BCUT2D eigenvalue weighted by Crippen LogP contribution is 2.62. The molecule has 16 rings (SSSR count). The van der Waals surface area contributed by atoms with Crippen molar-refractivity contribution < 1.29 is 38.1 Å². The van der Waals surface area contributed by atoms with Gasteiger partial charge in [0.15, 0.2) is 0 Å². The van der Waals surface area contributed by atoms with Crippen LogP contribution in [-0.4, -0.2) is 23.6 Å². The lowest BCUT2D eigenvalue weighted by molar-refractivity contribution is 0.0877. The minimum absolute atomic E-state index is 0.00243. The summed E-state index contributed by atoms with van der Waals surface area (Å²) in [6.45, 7) is 101. The van der Waals surface area contributed by atoms with Crippen LogP contribution >= 0.6 is 0 Å². The van der Waals surface area contributed by atoms with E-state index in [9.17, 15) is 0 Å². The standard InChI is InChI=1S/C139H176N2O8/c1-72(2)55-84-47-45-48-89(73(3)4)122(84)140-128(142)104-64-108(146-124-96(76(9)10)56-85(57-97(124)77(11)12)136(37,38)68-132(25,26)27)116-92-51-53-94-113-95(54-52-93(112(92)113)117-109(65-105(129(140)143)114(104)120(116)117)147-125-98(78(13)14)58-86(59-99(125)79(15)16)137(39,40)69-133(28,29)30)119-111(149-127-102(82(21)22)62-88(63-103(127)83(23)24)139(43,44)71-135(34,35)36)67-107-115-106(130(144)141(131(107)145)123-90(74(5)6)49-46-50-91(123)75(7)8)66-110(118(94)121(115)119)148-126-100(80(17)18)60-87(61-101(126)81(19)20)138(41,42)70-134(31,32)33/h45-54,56-67,72-83H,55,68-71H2,1-44H3. The van der Waals surface area contributed by atoms with Gasteiger partial charge in [0.2, 0.25) is 0 Å². The Kier molecular flexibility index (Phi) is 29.1. The number of hydrogen-bond donors (Lipinski definition) is 0. The Morgan fingerprint density at radius 2 is 0.416 bits per heavy atom.